The van der Waals surface area contributed by atoms with E-state index >= 15 is 0 Å². The van der Waals surface area contributed by atoms with Crippen LogP contribution in [0.3, 0.4) is 0 Å². The van der Waals surface area contributed by atoms with Crippen LogP contribution in [0.25, 0.3) is 11.5 Å². The maximum absolute atomic E-state index is 5.85. The van der Waals surface area contributed by atoms with Gasteiger partial charge in [0, 0.05) is 10.6 Å². The fourth-order valence-electron chi connectivity index (χ4n) is 2.55. The van der Waals surface area contributed by atoms with Crippen LogP contribution in [-0.4, -0.2) is 34.6 Å². The molecule has 0 radical (unpaired) electrons. The number of thioether (sulfide) groups is 1. The largest absolute Gasteiger partial charge is 0.493 e. The topological polar surface area (TPSA) is 106 Å². The van der Waals surface area contributed by atoms with Crippen LogP contribution >= 0.6 is 23.4 Å². The number of aromatic nitrogens is 4. The molecule has 0 aliphatic rings. The van der Waals surface area contributed by atoms with Crippen molar-refractivity contribution in [2.45, 2.75) is 17.6 Å². The molecular weight excluding hydrogens is 444 g/mol. The molecule has 2 aromatic carbocycles. The fraction of sp³-hybridized carbons (Fsp3) is 0.200. The van der Waals surface area contributed by atoms with Crippen molar-refractivity contribution in [3.63, 3.8) is 0 Å². The highest BCUT2D eigenvalue weighted by atomic mass is 35.5. The zero-order valence-corrected chi connectivity index (χ0v) is 18.1. The van der Waals surface area contributed by atoms with Gasteiger partial charge in [0.2, 0.25) is 11.8 Å². The summed E-state index contributed by atoms with van der Waals surface area (Å²) in [5, 5.41) is 17.1. The number of ether oxygens (including phenoxy) is 3. The van der Waals surface area contributed by atoms with E-state index in [0.717, 1.165) is 5.56 Å². The molecule has 2 heterocycles. The predicted octanol–water partition coefficient (Wildman–Crippen LogP) is 4.66. The van der Waals surface area contributed by atoms with Gasteiger partial charge < -0.3 is 23.0 Å². The van der Waals surface area contributed by atoms with Crippen molar-refractivity contribution in [1.29, 1.82) is 0 Å². The summed E-state index contributed by atoms with van der Waals surface area (Å²) >= 11 is 7.14. The normalized spacial score (nSPS) is 10.8. The van der Waals surface area contributed by atoms with Gasteiger partial charge in [-0.2, -0.15) is 0 Å². The van der Waals surface area contributed by atoms with Crippen molar-refractivity contribution in [2.75, 3.05) is 14.2 Å². The Morgan fingerprint density at radius 3 is 2.42 bits per heavy atom. The Kier molecular flexibility index (Phi) is 6.58. The SMILES string of the molecule is COc1ccc(-c2nnc(CSc3nnc(COc4ccc(Cl)cc4)o3)o2)cc1OC. The minimum Gasteiger partial charge on any atom is -0.493 e. The summed E-state index contributed by atoms with van der Waals surface area (Å²) in [4.78, 5) is 0. The molecule has 0 saturated carbocycles. The van der Waals surface area contributed by atoms with Gasteiger partial charge in [0.05, 0.1) is 20.0 Å². The van der Waals surface area contributed by atoms with Crippen LogP contribution in [-0.2, 0) is 12.4 Å². The lowest BCUT2D eigenvalue weighted by molar-refractivity contribution is 0.252. The first-order valence-electron chi connectivity index (χ1n) is 9.03. The lowest BCUT2D eigenvalue weighted by atomic mass is 10.2. The molecule has 4 rings (SSSR count). The van der Waals surface area contributed by atoms with Crippen LogP contribution < -0.4 is 14.2 Å². The summed E-state index contributed by atoms with van der Waals surface area (Å²) in [5.41, 5.74) is 0.723. The van der Waals surface area contributed by atoms with Crippen LogP contribution in [0, 0.1) is 0 Å². The summed E-state index contributed by atoms with van der Waals surface area (Å²) < 4.78 is 27.4. The number of methoxy groups -OCH3 is 2. The van der Waals surface area contributed by atoms with Crippen molar-refractivity contribution in [2.24, 2.45) is 0 Å². The van der Waals surface area contributed by atoms with Gasteiger partial charge in [0.1, 0.15) is 5.75 Å². The van der Waals surface area contributed by atoms with Gasteiger partial charge in [-0.1, -0.05) is 23.4 Å². The van der Waals surface area contributed by atoms with Crippen molar-refractivity contribution in [3.05, 3.63) is 59.3 Å². The summed E-state index contributed by atoms with van der Waals surface area (Å²) in [5.74, 6) is 3.38. The lowest BCUT2D eigenvalue weighted by Crippen LogP contribution is -1.95. The van der Waals surface area contributed by atoms with Crippen molar-refractivity contribution < 1.29 is 23.0 Å². The van der Waals surface area contributed by atoms with Crippen molar-refractivity contribution >= 4 is 23.4 Å². The highest BCUT2D eigenvalue weighted by Gasteiger charge is 2.14. The number of nitrogens with zero attached hydrogens (tertiary/aromatic N) is 4. The minimum absolute atomic E-state index is 0.152. The second kappa shape index (κ2) is 9.71. The third-order valence-electron chi connectivity index (χ3n) is 4.04. The second-order valence-corrected chi connectivity index (χ2v) is 7.43. The quantitative estimate of drug-likeness (QED) is 0.327. The van der Waals surface area contributed by atoms with Crippen molar-refractivity contribution in [1.82, 2.24) is 20.4 Å². The monoisotopic (exact) mass is 460 g/mol. The Labute approximate surface area is 186 Å². The standard InChI is InChI=1S/C20H17ClN4O5S/c1-26-15-8-3-12(9-16(15)27-2)19-24-23-18(29-19)11-31-20-25-22-17(30-20)10-28-14-6-4-13(21)5-7-14/h3-9H,10-11H2,1-2H3. The van der Waals surface area contributed by atoms with Crippen LogP contribution in [0.15, 0.2) is 56.5 Å². The van der Waals surface area contributed by atoms with Gasteiger partial charge in [0.25, 0.3) is 11.1 Å². The van der Waals surface area contributed by atoms with E-state index in [1.807, 2.05) is 6.07 Å². The third kappa shape index (κ3) is 5.28. The number of rotatable bonds is 9. The smallest absolute Gasteiger partial charge is 0.277 e. The molecule has 0 aliphatic carbocycles. The number of benzene rings is 2. The van der Waals surface area contributed by atoms with Gasteiger partial charge in [-0.15, -0.1) is 20.4 Å². The molecule has 4 aromatic rings. The van der Waals surface area contributed by atoms with Gasteiger partial charge in [0.15, 0.2) is 18.1 Å². The summed E-state index contributed by atoms with van der Waals surface area (Å²) in [6.07, 6.45) is 0. The molecule has 0 N–H and O–H groups in total. The zero-order chi connectivity index (χ0) is 21.6. The van der Waals surface area contributed by atoms with Crippen LogP contribution in [0.5, 0.6) is 17.2 Å². The molecular formula is C20H17ClN4O5S. The molecule has 0 bridgehead atoms. The Morgan fingerprint density at radius 2 is 1.65 bits per heavy atom. The van der Waals surface area contributed by atoms with Crippen molar-refractivity contribution in [3.8, 4) is 28.7 Å². The van der Waals surface area contributed by atoms with E-state index in [2.05, 4.69) is 20.4 Å². The van der Waals surface area contributed by atoms with Gasteiger partial charge in [-0.3, -0.25) is 0 Å². The zero-order valence-electron chi connectivity index (χ0n) is 16.6. The molecule has 0 unspecified atom stereocenters. The van der Waals surface area contributed by atoms with E-state index in [1.54, 1.807) is 50.6 Å². The summed E-state index contributed by atoms with van der Waals surface area (Å²) in [6.45, 7) is 0.152. The molecule has 0 amide bonds. The van der Waals surface area contributed by atoms with E-state index in [4.69, 9.17) is 34.6 Å². The van der Waals surface area contributed by atoms with E-state index < -0.39 is 0 Å². The Hall–Kier alpha value is -3.24. The minimum atomic E-state index is 0.152. The molecule has 2 aromatic heterocycles. The van der Waals surface area contributed by atoms with Gasteiger partial charge in [-0.25, -0.2) is 0 Å². The Bertz CT molecular complexity index is 1150. The van der Waals surface area contributed by atoms with Crippen LogP contribution in [0.1, 0.15) is 11.8 Å². The third-order valence-corrected chi connectivity index (χ3v) is 5.10. The van der Waals surface area contributed by atoms with E-state index in [-0.39, 0.29) is 6.61 Å². The van der Waals surface area contributed by atoms with Crippen LogP contribution in [0.4, 0.5) is 0 Å². The first-order chi connectivity index (χ1) is 15.1. The molecule has 11 heteroatoms. The second-order valence-electron chi connectivity index (χ2n) is 6.06. The predicted molar refractivity (Wildman–Crippen MR) is 112 cm³/mol. The highest BCUT2D eigenvalue weighted by Crippen LogP contribution is 2.32. The van der Waals surface area contributed by atoms with Gasteiger partial charge >= 0.3 is 0 Å². The average molecular weight is 461 g/mol. The lowest BCUT2D eigenvalue weighted by Gasteiger charge is -2.07. The number of hydrogen-bond donors (Lipinski definition) is 0. The van der Waals surface area contributed by atoms with E-state index in [9.17, 15) is 0 Å². The molecule has 0 atom stereocenters. The Morgan fingerprint density at radius 1 is 0.871 bits per heavy atom. The highest BCUT2D eigenvalue weighted by molar-refractivity contribution is 7.98. The molecule has 0 fully saturated rings. The number of halogens is 1. The maximum Gasteiger partial charge on any atom is 0.277 e. The molecule has 160 valence electrons. The summed E-state index contributed by atoms with van der Waals surface area (Å²) in [6, 6.07) is 12.4. The molecule has 31 heavy (non-hydrogen) atoms. The average Bonchev–Trinajstić information content (AvgIpc) is 3.46. The first kappa shape index (κ1) is 21.0. The molecule has 0 spiro atoms. The fourth-order valence-corrected chi connectivity index (χ4v) is 3.30. The summed E-state index contributed by atoms with van der Waals surface area (Å²) in [7, 11) is 3.14. The van der Waals surface area contributed by atoms with Crippen LogP contribution in [0.2, 0.25) is 5.02 Å². The molecule has 9 nitrogen and oxygen atoms in total. The molecule has 0 saturated heterocycles. The van der Waals surface area contributed by atoms with Gasteiger partial charge in [-0.05, 0) is 42.5 Å². The Balaban J connectivity index is 1.33. The maximum atomic E-state index is 5.85. The number of hydrogen-bond acceptors (Lipinski definition) is 10. The first-order valence-corrected chi connectivity index (χ1v) is 10.4. The van der Waals surface area contributed by atoms with E-state index in [0.29, 0.717) is 50.9 Å². The molecule has 0 aliphatic heterocycles. The van der Waals surface area contributed by atoms with E-state index in [1.165, 1.54) is 11.8 Å².